The Labute approximate surface area is 294 Å². The normalized spacial score (nSPS) is 13.4. The van der Waals surface area contributed by atoms with Crippen LogP contribution in [0, 0.1) is 0 Å². The number of pyridine rings is 2. The maximum absolute atomic E-state index is 14.3. The molecule has 0 spiro atoms. The second kappa shape index (κ2) is 9.19. The van der Waals surface area contributed by atoms with Crippen LogP contribution in [0.25, 0.3) is 98.0 Å². The topological polar surface area (TPSA) is 246 Å². The lowest BCUT2D eigenvalue weighted by Crippen LogP contribution is -2.23. The van der Waals surface area contributed by atoms with Crippen molar-refractivity contribution in [3.8, 4) is 0 Å². The highest BCUT2D eigenvalue weighted by molar-refractivity contribution is 7.86. The molecule has 0 amide bonds. The minimum absolute atomic E-state index is 0.0201. The molecule has 0 saturated heterocycles. The molecule has 0 unspecified atom stereocenters. The van der Waals surface area contributed by atoms with Gasteiger partial charge in [0.25, 0.3) is 31.4 Å². The summed E-state index contributed by atoms with van der Waals surface area (Å²) in [4.78, 5) is 92.8. The zero-order chi connectivity index (χ0) is 37.7. The summed E-state index contributed by atoms with van der Waals surface area (Å²) < 4.78 is 68.9. The summed E-state index contributed by atoms with van der Waals surface area (Å²) in [6.45, 7) is 0. The number of hydrogen-bond donors (Lipinski definition) is 2. The van der Waals surface area contributed by atoms with Gasteiger partial charge < -0.3 is 0 Å². The molecule has 54 heavy (non-hydrogen) atoms. The maximum Gasteiger partial charge on any atom is 0.294 e. The SMILES string of the molecule is O=c1cc2c3c(=O)cc4c5c(c(=O)cc(c6c(=O)cc7c(c1c(=O)n1c8cc(S(=O)(=O)O)ccc8nc71)c26)c35)c(=O)n1c2cc(S(=O)(=O)O)ccc2nc41. The third kappa shape index (κ3) is 3.47. The monoisotopic (exact) mass is 756 g/mol. The molecule has 0 aliphatic rings. The molecule has 11 aromatic rings. The molecule has 0 radical (unpaired) electrons. The van der Waals surface area contributed by atoms with E-state index >= 15 is 0 Å². The zero-order valence-electron chi connectivity index (χ0n) is 26.4. The van der Waals surface area contributed by atoms with Crippen LogP contribution in [-0.2, 0) is 20.2 Å². The molecule has 0 fully saturated rings. The van der Waals surface area contributed by atoms with Gasteiger partial charge in [-0.3, -0.25) is 46.7 Å². The van der Waals surface area contributed by atoms with Crippen LogP contribution in [-0.4, -0.2) is 44.7 Å². The fourth-order valence-electron chi connectivity index (χ4n) is 8.31. The highest BCUT2D eigenvalue weighted by atomic mass is 32.2. The van der Waals surface area contributed by atoms with Crippen molar-refractivity contribution in [1.29, 1.82) is 0 Å². The van der Waals surface area contributed by atoms with E-state index in [9.17, 15) is 54.7 Å². The minimum atomic E-state index is -4.71. The van der Waals surface area contributed by atoms with Crippen molar-refractivity contribution >= 4 is 118 Å². The van der Waals surface area contributed by atoms with Gasteiger partial charge in [0.15, 0.2) is 21.7 Å². The Balaban J connectivity index is 1.39. The van der Waals surface area contributed by atoms with Crippen molar-refractivity contribution in [2.45, 2.75) is 9.79 Å². The molecular weight excluding hydrogens is 745 g/mol. The Bertz CT molecular complexity index is 3990. The molecule has 260 valence electrons. The predicted molar refractivity (Wildman–Crippen MR) is 197 cm³/mol. The first-order valence-electron chi connectivity index (χ1n) is 15.7. The first kappa shape index (κ1) is 30.7. The van der Waals surface area contributed by atoms with E-state index in [0.717, 1.165) is 57.3 Å². The average Bonchev–Trinajstić information content (AvgIpc) is 3.68. The van der Waals surface area contributed by atoms with Gasteiger partial charge in [-0.1, -0.05) is 0 Å². The number of imidazole rings is 2. The van der Waals surface area contributed by atoms with Gasteiger partial charge >= 0.3 is 0 Å². The van der Waals surface area contributed by atoms with E-state index in [1.54, 1.807) is 0 Å². The summed E-state index contributed by atoms with van der Waals surface area (Å²) in [5, 5.41) is -1.07. The lowest BCUT2D eigenvalue weighted by molar-refractivity contribution is 0.481. The van der Waals surface area contributed by atoms with Crippen LogP contribution in [0.5, 0.6) is 0 Å². The molecule has 0 bridgehead atoms. The Morgan fingerprint density at radius 1 is 0.426 bits per heavy atom. The lowest BCUT2D eigenvalue weighted by Gasteiger charge is -2.16. The Morgan fingerprint density at radius 3 is 1.13 bits per heavy atom. The van der Waals surface area contributed by atoms with E-state index in [2.05, 4.69) is 9.97 Å². The Kier molecular flexibility index (Phi) is 5.23. The van der Waals surface area contributed by atoms with Crippen LogP contribution in [0.4, 0.5) is 0 Å². The first-order valence-corrected chi connectivity index (χ1v) is 18.6. The molecule has 4 aromatic heterocycles. The van der Waals surface area contributed by atoms with Crippen LogP contribution in [0.1, 0.15) is 0 Å². The fraction of sp³-hybridized carbons (Fsp3) is 0. The van der Waals surface area contributed by atoms with Gasteiger partial charge in [0.1, 0.15) is 11.3 Å². The third-order valence-corrected chi connectivity index (χ3v) is 12.1. The van der Waals surface area contributed by atoms with E-state index < -0.39 is 73.6 Å². The summed E-state index contributed by atoms with van der Waals surface area (Å²) in [7, 11) is -9.42. The van der Waals surface area contributed by atoms with Gasteiger partial charge in [0, 0.05) is 43.1 Å². The number of fused-ring (bicyclic) bond motifs is 10. The highest BCUT2D eigenvalue weighted by Crippen LogP contribution is 2.42. The van der Waals surface area contributed by atoms with Gasteiger partial charge in [-0.15, -0.1) is 0 Å². The van der Waals surface area contributed by atoms with Gasteiger partial charge in [-0.2, -0.15) is 16.8 Å². The van der Waals surface area contributed by atoms with Crippen molar-refractivity contribution in [3.63, 3.8) is 0 Å². The van der Waals surface area contributed by atoms with Gasteiger partial charge in [-0.05, 0) is 71.4 Å². The quantitative estimate of drug-likeness (QED) is 0.146. The second-order valence-electron chi connectivity index (χ2n) is 13.1. The Morgan fingerprint density at radius 2 is 0.759 bits per heavy atom. The van der Waals surface area contributed by atoms with E-state index in [-0.39, 0.29) is 87.2 Å². The summed E-state index contributed by atoms with van der Waals surface area (Å²) >= 11 is 0. The number of rotatable bonds is 2. The summed E-state index contributed by atoms with van der Waals surface area (Å²) in [6, 6.07) is 11.0. The highest BCUT2D eigenvalue weighted by Gasteiger charge is 2.29. The standard InChI is InChI=1S/C36H12N4O12S2/c41-21-9-15-29-27-13(7-23(43)31(29)35(45)39-19-5-11(53(47,48)49)1-3-17(19)37-33(15)39)26-22(42)10-16-30-28(26)14(25(21)27)8-24(44)32(30)36(46)40-20-6-12(54(50,51)52)2-4-18(20)38-34(16)40/h1-10H,(H,47,48,49)(H,50,51,52). The van der Waals surface area contributed by atoms with E-state index in [1.165, 1.54) is 12.1 Å². The maximum atomic E-state index is 14.3. The molecule has 4 heterocycles. The van der Waals surface area contributed by atoms with Crippen molar-refractivity contribution in [3.05, 3.63) is 122 Å². The number of aromatic nitrogens is 4. The lowest BCUT2D eigenvalue weighted by atomic mass is 9.85. The van der Waals surface area contributed by atoms with Gasteiger partial charge in [0.05, 0.1) is 42.6 Å². The van der Waals surface area contributed by atoms with Gasteiger partial charge in [-0.25, -0.2) is 9.97 Å². The van der Waals surface area contributed by atoms with Crippen molar-refractivity contribution < 1.29 is 25.9 Å². The van der Waals surface area contributed by atoms with E-state index in [0.29, 0.717) is 0 Å². The van der Waals surface area contributed by atoms with Crippen LogP contribution in [0.2, 0.25) is 0 Å². The first-order chi connectivity index (χ1) is 25.5. The smallest absolute Gasteiger partial charge is 0.289 e. The average molecular weight is 757 g/mol. The number of hydrogen-bond acceptors (Lipinski definition) is 12. The van der Waals surface area contributed by atoms with Crippen molar-refractivity contribution in [2.75, 3.05) is 0 Å². The molecule has 16 nitrogen and oxygen atoms in total. The number of benzene rings is 7. The molecule has 2 N–H and O–H groups in total. The molecule has 0 aliphatic carbocycles. The number of nitrogens with zero attached hydrogens (tertiary/aromatic N) is 4. The molecule has 0 atom stereocenters. The van der Waals surface area contributed by atoms with Crippen LogP contribution >= 0.6 is 0 Å². The third-order valence-electron chi connectivity index (χ3n) is 10.4. The fourth-order valence-corrected chi connectivity index (χ4v) is 9.31. The summed E-state index contributed by atoms with van der Waals surface area (Å²) in [5.41, 5.74) is -5.08. The van der Waals surface area contributed by atoms with Crippen molar-refractivity contribution in [1.82, 2.24) is 18.8 Å². The van der Waals surface area contributed by atoms with E-state index in [1.807, 2.05) is 0 Å². The van der Waals surface area contributed by atoms with Crippen LogP contribution < -0.4 is 32.8 Å². The Hall–Kier alpha value is -6.86. The molecule has 7 aromatic carbocycles. The van der Waals surface area contributed by atoms with Crippen LogP contribution in [0.3, 0.4) is 0 Å². The largest absolute Gasteiger partial charge is 0.294 e. The predicted octanol–water partition coefficient (Wildman–Crippen LogP) is 2.05. The molecule has 0 aliphatic heterocycles. The second-order valence-corrected chi connectivity index (χ2v) is 15.9. The zero-order valence-corrected chi connectivity index (χ0v) is 28.0. The molecule has 0 saturated carbocycles. The molecule has 18 heteroatoms. The van der Waals surface area contributed by atoms with Crippen LogP contribution in [0.15, 0.2) is 99.2 Å². The molecular formula is C36H12N4O12S2. The van der Waals surface area contributed by atoms with E-state index in [4.69, 9.17) is 0 Å². The minimum Gasteiger partial charge on any atom is -0.289 e. The van der Waals surface area contributed by atoms with Crippen molar-refractivity contribution in [2.24, 2.45) is 0 Å². The summed E-state index contributed by atoms with van der Waals surface area (Å²) in [6.07, 6.45) is 0. The molecule has 11 rings (SSSR count). The van der Waals surface area contributed by atoms with Gasteiger partial charge in [0.2, 0.25) is 0 Å². The summed E-state index contributed by atoms with van der Waals surface area (Å²) in [5.74, 6) is 0.